The van der Waals surface area contributed by atoms with E-state index in [1.165, 1.54) is 0 Å². The number of hydrogen-bond acceptors (Lipinski definition) is 5. The van der Waals surface area contributed by atoms with Crippen LogP contribution in [0.4, 0.5) is 0 Å². The van der Waals surface area contributed by atoms with Crippen LogP contribution in [0.2, 0.25) is 0 Å². The van der Waals surface area contributed by atoms with Gasteiger partial charge >= 0.3 is 0 Å². The lowest BCUT2D eigenvalue weighted by Crippen LogP contribution is -2.18. The number of rotatable bonds is 6. The lowest BCUT2D eigenvalue weighted by Gasteiger charge is -2.04. The number of aliphatic hydroxyl groups is 1. The van der Waals surface area contributed by atoms with E-state index in [0.29, 0.717) is 0 Å². The second-order valence-corrected chi connectivity index (χ2v) is 5.03. The Balaban J connectivity index is 1.87. The lowest BCUT2D eigenvalue weighted by atomic mass is 10.3. The first-order chi connectivity index (χ1) is 8.75. The number of thiazole rings is 1. The largest absolute Gasteiger partial charge is 0.393 e. The normalized spacial score (nSPS) is 12.6. The Morgan fingerprint density at radius 1 is 1.44 bits per heavy atom. The summed E-state index contributed by atoms with van der Waals surface area (Å²) < 4.78 is 0. The summed E-state index contributed by atoms with van der Waals surface area (Å²) >= 11 is 1.60. The third kappa shape index (κ3) is 3.87. The second kappa shape index (κ2) is 6.58. The number of nitrogens with one attached hydrogen (secondary N) is 1. The third-order valence-electron chi connectivity index (χ3n) is 2.48. The topological polar surface area (TPSA) is 58.0 Å². The van der Waals surface area contributed by atoms with Gasteiger partial charge in [-0.05, 0) is 32.0 Å². The number of aliphatic hydroxyl groups excluding tert-OH is 1. The van der Waals surface area contributed by atoms with Crippen molar-refractivity contribution in [3.63, 3.8) is 0 Å². The minimum absolute atomic E-state index is 0.253. The van der Waals surface area contributed by atoms with Gasteiger partial charge in [-0.3, -0.25) is 4.98 Å². The molecule has 2 N–H and O–H groups in total. The van der Waals surface area contributed by atoms with Gasteiger partial charge in [-0.15, -0.1) is 11.3 Å². The average molecular weight is 263 g/mol. The predicted octanol–water partition coefficient (Wildman–Crippen LogP) is 2.07. The number of pyridine rings is 1. The van der Waals surface area contributed by atoms with Crippen molar-refractivity contribution in [2.24, 2.45) is 0 Å². The molecule has 2 rings (SSSR count). The van der Waals surface area contributed by atoms with Crippen LogP contribution in [0.15, 0.2) is 29.8 Å². The van der Waals surface area contributed by atoms with Crippen LogP contribution in [0.5, 0.6) is 0 Å². The zero-order valence-corrected chi connectivity index (χ0v) is 11.2. The van der Waals surface area contributed by atoms with Crippen LogP contribution in [-0.4, -0.2) is 27.7 Å². The highest BCUT2D eigenvalue weighted by molar-refractivity contribution is 7.13. The molecule has 0 saturated carbocycles. The Morgan fingerprint density at radius 3 is 3.06 bits per heavy atom. The molecule has 18 heavy (non-hydrogen) atoms. The highest BCUT2D eigenvalue weighted by Crippen LogP contribution is 2.20. The summed E-state index contributed by atoms with van der Waals surface area (Å²) in [6, 6.07) is 5.82. The van der Waals surface area contributed by atoms with Gasteiger partial charge in [0.1, 0.15) is 5.01 Å². The molecule has 2 heterocycles. The Kier molecular flexibility index (Phi) is 4.81. The molecule has 4 nitrogen and oxygen atoms in total. The Morgan fingerprint density at radius 2 is 2.33 bits per heavy atom. The van der Waals surface area contributed by atoms with Gasteiger partial charge in [-0.2, -0.15) is 0 Å². The van der Waals surface area contributed by atoms with Crippen molar-refractivity contribution >= 4 is 11.3 Å². The Labute approximate surface area is 111 Å². The van der Waals surface area contributed by atoms with E-state index in [1.54, 1.807) is 24.5 Å². The lowest BCUT2D eigenvalue weighted by molar-refractivity contribution is 0.183. The predicted molar refractivity (Wildman–Crippen MR) is 73.3 cm³/mol. The van der Waals surface area contributed by atoms with E-state index in [-0.39, 0.29) is 6.10 Å². The molecule has 0 amide bonds. The average Bonchev–Trinajstić information content (AvgIpc) is 2.84. The van der Waals surface area contributed by atoms with Crippen LogP contribution < -0.4 is 5.32 Å². The first-order valence-electron chi connectivity index (χ1n) is 6.00. The summed E-state index contributed by atoms with van der Waals surface area (Å²) in [7, 11) is 0. The SMILES string of the molecule is CC(O)CCNCc1csc(-c2ccccn2)n1. The zero-order chi connectivity index (χ0) is 12.8. The van der Waals surface area contributed by atoms with Crippen LogP contribution in [0.25, 0.3) is 10.7 Å². The van der Waals surface area contributed by atoms with Crippen LogP contribution in [-0.2, 0) is 6.54 Å². The molecular weight excluding hydrogens is 246 g/mol. The maximum atomic E-state index is 9.14. The van der Waals surface area contributed by atoms with Gasteiger partial charge in [-0.1, -0.05) is 6.07 Å². The van der Waals surface area contributed by atoms with Crippen molar-refractivity contribution in [1.29, 1.82) is 0 Å². The summed E-state index contributed by atoms with van der Waals surface area (Å²) in [6.45, 7) is 3.33. The molecule has 96 valence electrons. The first-order valence-corrected chi connectivity index (χ1v) is 6.88. The maximum Gasteiger partial charge on any atom is 0.142 e. The highest BCUT2D eigenvalue weighted by Gasteiger charge is 2.05. The summed E-state index contributed by atoms with van der Waals surface area (Å²) in [6.07, 6.45) is 2.28. The quantitative estimate of drug-likeness (QED) is 0.783. The Bertz CT molecular complexity index is 470. The fourth-order valence-corrected chi connectivity index (χ4v) is 2.32. The van der Waals surface area contributed by atoms with Crippen LogP contribution in [0, 0.1) is 0 Å². The van der Waals surface area contributed by atoms with Gasteiger partial charge in [0.25, 0.3) is 0 Å². The number of nitrogens with zero attached hydrogens (tertiary/aromatic N) is 2. The molecule has 5 heteroatoms. The second-order valence-electron chi connectivity index (χ2n) is 4.17. The molecule has 0 aliphatic rings. The molecule has 2 aromatic rings. The molecule has 0 aliphatic carbocycles. The van der Waals surface area contributed by atoms with Crippen molar-refractivity contribution < 1.29 is 5.11 Å². The highest BCUT2D eigenvalue weighted by atomic mass is 32.1. The van der Waals surface area contributed by atoms with Crippen LogP contribution >= 0.6 is 11.3 Å². The molecule has 1 atom stereocenters. The van der Waals surface area contributed by atoms with Crippen molar-refractivity contribution in [3.05, 3.63) is 35.5 Å². The van der Waals surface area contributed by atoms with E-state index in [2.05, 4.69) is 15.3 Å². The van der Waals surface area contributed by atoms with E-state index < -0.39 is 0 Å². The molecule has 2 aromatic heterocycles. The van der Waals surface area contributed by atoms with Crippen LogP contribution in [0.1, 0.15) is 19.0 Å². The minimum atomic E-state index is -0.253. The van der Waals surface area contributed by atoms with E-state index in [0.717, 1.165) is 35.9 Å². The number of hydrogen-bond donors (Lipinski definition) is 2. The molecule has 0 fully saturated rings. The van der Waals surface area contributed by atoms with E-state index in [4.69, 9.17) is 5.11 Å². The zero-order valence-electron chi connectivity index (χ0n) is 10.3. The van der Waals surface area contributed by atoms with Gasteiger partial charge in [-0.25, -0.2) is 4.98 Å². The monoisotopic (exact) mass is 263 g/mol. The number of aromatic nitrogens is 2. The molecule has 0 spiro atoms. The summed E-state index contributed by atoms with van der Waals surface area (Å²) in [5.74, 6) is 0. The fourth-order valence-electron chi connectivity index (χ4n) is 1.52. The summed E-state index contributed by atoms with van der Waals surface area (Å²) in [5.41, 5.74) is 1.93. The van der Waals surface area contributed by atoms with E-state index in [1.807, 2.05) is 23.6 Å². The van der Waals surface area contributed by atoms with Crippen molar-refractivity contribution in [2.45, 2.75) is 26.0 Å². The van der Waals surface area contributed by atoms with Gasteiger partial charge in [0.2, 0.25) is 0 Å². The van der Waals surface area contributed by atoms with Crippen molar-refractivity contribution in [1.82, 2.24) is 15.3 Å². The molecule has 0 aliphatic heterocycles. The van der Waals surface area contributed by atoms with Gasteiger partial charge < -0.3 is 10.4 Å². The molecule has 1 unspecified atom stereocenters. The van der Waals surface area contributed by atoms with Crippen molar-refractivity contribution in [2.75, 3.05) is 6.54 Å². The third-order valence-corrected chi connectivity index (χ3v) is 3.39. The Hall–Kier alpha value is -1.30. The molecule has 0 bridgehead atoms. The summed E-state index contributed by atoms with van der Waals surface area (Å²) in [4.78, 5) is 8.80. The fraction of sp³-hybridized carbons (Fsp3) is 0.385. The molecule has 0 radical (unpaired) electrons. The summed E-state index contributed by atoms with van der Waals surface area (Å²) in [5, 5.41) is 15.4. The van der Waals surface area contributed by atoms with E-state index >= 15 is 0 Å². The van der Waals surface area contributed by atoms with E-state index in [9.17, 15) is 0 Å². The molecule has 0 aromatic carbocycles. The first kappa shape index (κ1) is 13.1. The smallest absolute Gasteiger partial charge is 0.142 e. The van der Waals surface area contributed by atoms with Crippen LogP contribution in [0.3, 0.4) is 0 Å². The maximum absolute atomic E-state index is 9.14. The van der Waals surface area contributed by atoms with Gasteiger partial charge in [0, 0.05) is 18.1 Å². The minimum Gasteiger partial charge on any atom is -0.393 e. The molecule has 0 saturated heterocycles. The molecular formula is C13H17N3OS. The van der Waals surface area contributed by atoms with Gasteiger partial charge in [0.05, 0.1) is 17.5 Å². The van der Waals surface area contributed by atoms with Crippen molar-refractivity contribution in [3.8, 4) is 10.7 Å². The van der Waals surface area contributed by atoms with Gasteiger partial charge in [0.15, 0.2) is 0 Å². The standard InChI is InChI=1S/C13H17N3OS/c1-10(17)5-7-14-8-11-9-18-13(16-11)12-4-2-3-6-15-12/h2-4,6,9-10,14,17H,5,7-8H2,1H3.